The standard InChI is InChI=1S/C10H10ClN3S/c1-7-2-3-8(4-12-7)13-6-10-14-5-9(11)15-10/h2-5,13H,6H2,1H3. The summed E-state index contributed by atoms with van der Waals surface area (Å²) in [6.45, 7) is 2.65. The van der Waals surface area contributed by atoms with E-state index >= 15 is 0 Å². The molecule has 0 unspecified atom stereocenters. The van der Waals surface area contributed by atoms with Crippen LogP contribution in [0.15, 0.2) is 24.5 Å². The molecule has 3 nitrogen and oxygen atoms in total. The number of thiazole rings is 1. The molecule has 15 heavy (non-hydrogen) atoms. The zero-order valence-electron chi connectivity index (χ0n) is 8.20. The average Bonchev–Trinajstić information content (AvgIpc) is 2.64. The molecule has 0 radical (unpaired) electrons. The Bertz CT molecular complexity index is 438. The van der Waals surface area contributed by atoms with Gasteiger partial charge in [0.1, 0.15) is 9.34 Å². The van der Waals surface area contributed by atoms with Crippen LogP contribution >= 0.6 is 22.9 Å². The highest BCUT2D eigenvalue weighted by atomic mass is 35.5. The molecule has 2 aromatic rings. The Labute approximate surface area is 97.2 Å². The van der Waals surface area contributed by atoms with Crippen molar-refractivity contribution in [3.05, 3.63) is 39.6 Å². The zero-order valence-corrected chi connectivity index (χ0v) is 9.77. The molecule has 0 aliphatic rings. The third-order valence-corrected chi connectivity index (χ3v) is 3.00. The molecule has 0 fully saturated rings. The highest BCUT2D eigenvalue weighted by molar-refractivity contribution is 7.15. The van der Waals surface area contributed by atoms with Crippen molar-refractivity contribution in [1.82, 2.24) is 9.97 Å². The minimum Gasteiger partial charge on any atom is -0.377 e. The fourth-order valence-corrected chi connectivity index (χ4v) is 2.02. The van der Waals surface area contributed by atoms with E-state index in [0.717, 1.165) is 16.4 Å². The maximum atomic E-state index is 5.78. The molecule has 2 aromatic heterocycles. The number of aromatic nitrogens is 2. The lowest BCUT2D eigenvalue weighted by Gasteiger charge is -2.03. The van der Waals surface area contributed by atoms with Crippen LogP contribution in [0.4, 0.5) is 5.69 Å². The van der Waals surface area contributed by atoms with Gasteiger partial charge in [0.25, 0.3) is 0 Å². The molecule has 78 valence electrons. The van der Waals surface area contributed by atoms with Crippen LogP contribution in [0.3, 0.4) is 0 Å². The van der Waals surface area contributed by atoms with Crippen LogP contribution in [-0.4, -0.2) is 9.97 Å². The van der Waals surface area contributed by atoms with Crippen molar-refractivity contribution < 1.29 is 0 Å². The number of hydrogen-bond acceptors (Lipinski definition) is 4. The Hall–Kier alpha value is -1.13. The molecule has 2 rings (SSSR count). The van der Waals surface area contributed by atoms with E-state index in [9.17, 15) is 0 Å². The van der Waals surface area contributed by atoms with Crippen LogP contribution in [0.5, 0.6) is 0 Å². The second-order valence-electron chi connectivity index (χ2n) is 3.10. The van der Waals surface area contributed by atoms with Gasteiger partial charge in [-0.3, -0.25) is 4.98 Å². The van der Waals surface area contributed by atoms with Gasteiger partial charge in [-0.15, -0.1) is 11.3 Å². The molecule has 0 aliphatic heterocycles. The SMILES string of the molecule is Cc1ccc(NCc2ncc(Cl)s2)cn1. The van der Waals surface area contributed by atoms with Gasteiger partial charge in [0.2, 0.25) is 0 Å². The van der Waals surface area contributed by atoms with Crippen LogP contribution in [0.25, 0.3) is 0 Å². The van der Waals surface area contributed by atoms with Crippen LogP contribution in [0.1, 0.15) is 10.7 Å². The molecule has 0 spiro atoms. The minimum absolute atomic E-state index is 0.683. The van der Waals surface area contributed by atoms with E-state index in [0.29, 0.717) is 10.9 Å². The predicted octanol–water partition coefficient (Wildman–Crippen LogP) is 3.11. The summed E-state index contributed by atoms with van der Waals surface area (Å²) in [6, 6.07) is 3.97. The summed E-state index contributed by atoms with van der Waals surface area (Å²) in [5, 5.41) is 4.20. The number of aryl methyl sites for hydroxylation is 1. The molecule has 1 N–H and O–H groups in total. The maximum absolute atomic E-state index is 5.78. The smallest absolute Gasteiger partial charge is 0.113 e. The van der Waals surface area contributed by atoms with Crippen molar-refractivity contribution in [2.45, 2.75) is 13.5 Å². The lowest BCUT2D eigenvalue weighted by molar-refractivity contribution is 1.09. The van der Waals surface area contributed by atoms with Crippen molar-refractivity contribution in [3.63, 3.8) is 0 Å². The van der Waals surface area contributed by atoms with Crippen molar-refractivity contribution >= 4 is 28.6 Å². The lowest BCUT2D eigenvalue weighted by atomic mass is 10.3. The number of halogens is 1. The molecule has 2 heterocycles. The van der Waals surface area contributed by atoms with Gasteiger partial charge < -0.3 is 5.32 Å². The molecule has 0 aliphatic carbocycles. The fraction of sp³-hybridized carbons (Fsp3) is 0.200. The molecule has 0 bridgehead atoms. The Kier molecular flexibility index (Phi) is 3.18. The first-order valence-electron chi connectivity index (χ1n) is 4.51. The highest BCUT2D eigenvalue weighted by Crippen LogP contribution is 2.19. The zero-order chi connectivity index (χ0) is 10.7. The second kappa shape index (κ2) is 4.59. The molecule has 0 atom stereocenters. The number of pyridine rings is 1. The van der Waals surface area contributed by atoms with E-state index in [-0.39, 0.29) is 0 Å². The molecule has 0 aromatic carbocycles. The molecule has 0 saturated carbocycles. The van der Waals surface area contributed by atoms with E-state index in [2.05, 4.69) is 15.3 Å². The van der Waals surface area contributed by atoms with Gasteiger partial charge in [0.15, 0.2) is 0 Å². The van der Waals surface area contributed by atoms with E-state index in [1.807, 2.05) is 25.3 Å². The largest absolute Gasteiger partial charge is 0.377 e. The van der Waals surface area contributed by atoms with E-state index < -0.39 is 0 Å². The Morgan fingerprint density at radius 3 is 2.80 bits per heavy atom. The summed E-state index contributed by atoms with van der Waals surface area (Å²) in [5.74, 6) is 0. The first-order valence-corrected chi connectivity index (χ1v) is 5.70. The van der Waals surface area contributed by atoms with Crippen molar-refractivity contribution in [2.24, 2.45) is 0 Å². The number of nitrogens with one attached hydrogen (secondary N) is 1. The van der Waals surface area contributed by atoms with Crippen molar-refractivity contribution in [3.8, 4) is 0 Å². The summed E-state index contributed by atoms with van der Waals surface area (Å²) in [5.41, 5.74) is 2.00. The van der Waals surface area contributed by atoms with E-state index in [1.54, 1.807) is 6.20 Å². The van der Waals surface area contributed by atoms with Crippen LogP contribution in [0, 0.1) is 6.92 Å². The summed E-state index contributed by atoms with van der Waals surface area (Å²) >= 11 is 7.26. The molecular formula is C10H10ClN3S. The maximum Gasteiger partial charge on any atom is 0.113 e. The van der Waals surface area contributed by atoms with Gasteiger partial charge in [-0.05, 0) is 19.1 Å². The second-order valence-corrected chi connectivity index (χ2v) is 4.85. The monoisotopic (exact) mass is 239 g/mol. The Morgan fingerprint density at radius 1 is 1.33 bits per heavy atom. The van der Waals surface area contributed by atoms with E-state index in [4.69, 9.17) is 11.6 Å². The van der Waals surface area contributed by atoms with Crippen LogP contribution in [0.2, 0.25) is 4.34 Å². The average molecular weight is 240 g/mol. The van der Waals surface area contributed by atoms with E-state index in [1.165, 1.54) is 11.3 Å². The summed E-state index contributed by atoms with van der Waals surface area (Å²) in [7, 11) is 0. The van der Waals surface area contributed by atoms with Gasteiger partial charge in [-0.1, -0.05) is 11.6 Å². The molecule has 5 heteroatoms. The highest BCUT2D eigenvalue weighted by Gasteiger charge is 1.99. The van der Waals surface area contributed by atoms with Gasteiger partial charge in [-0.2, -0.15) is 0 Å². The van der Waals surface area contributed by atoms with Gasteiger partial charge in [-0.25, -0.2) is 4.98 Å². The fourth-order valence-electron chi connectivity index (χ4n) is 1.12. The molecular weight excluding hydrogens is 230 g/mol. The van der Waals surface area contributed by atoms with Crippen molar-refractivity contribution in [1.29, 1.82) is 0 Å². The third-order valence-electron chi connectivity index (χ3n) is 1.88. The molecule has 0 saturated heterocycles. The molecule has 0 amide bonds. The predicted molar refractivity (Wildman–Crippen MR) is 63.4 cm³/mol. The lowest BCUT2D eigenvalue weighted by Crippen LogP contribution is -1.99. The summed E-state index contributed by atoms with van der Waals surface area (Å²) < 4.78 is 0.717. The first-order chi connectivity index (χ1) is 7.24. The quantitative estimate of drug-likeness (QED) is 0.895. The number of nitrogens with zero attached hydrogens (tertiary/aromatic N) is 2. The van der Waals surface area contributed by atoms with Gasteiger partial charge in [0, 0.05) is 5.69 Å². The summed E-state index contributed by atoms with van der Waals surface area (Å²) in [6.07, 6.45) is 3.47. The topological polar surface area (TPSA) is 37.8 Å². The van der Waals surface area contributed by atoms with Crippen molar-refractivity contribution in [2.75, 3.05) is 5.32 Å². The van der Waals surface area contributed by atoms with Gasteiger partial charge in [0.05, 0.1) is 24.6 Å². The third kappa shape index (κ3) is 2.91. The van der Waals surface area contributed by atoms with Crippen LogP contribution < -0.4 is 5.32 Å². The van der Waals surface area contributed by atoms with Crippen LogP contribution in [-0.2, 0) is 6.54 Å². The number of rotatable bonds is 3. The number of hydrogen-bond donors (Lipinski definition) is 1. The minimum atomic E-state index is 0.683. The normalized spacial score (nSPS) is 10.3. The van der Waals surface area contributed by atoms with Gasteiger partial charge >= 0.3 is 0 Å². The Balaban J connectivity index is 1.96. The first kappa shape index (κ1) is 10.4. The summed E-state index contributed by atoms with van der Waals surface area (Å²) in [4.78, 5) is 8.34. The number of anilines is 1. The Morgan fingerprint density at radius 2 is 2.20 bits per heavy atom.